The minimum absolute atomic E-state index is 0.0581. The molecular formula is C10H15N5O3S. The molecule has 2 rings (SSSR count). The Bertz CT molecular complexity index is 673. The highest BCUT2D eigenvalue weighted by Gasteiger charge is 2.23. The lowest BCUT2D eigenvalue weighted by molar-refractivity contribution is 0.277. The van der Waals surface area contributed by atoms with Crippen molar-refractivity contribution < 1.29 is 13.5 Å². The molecule has 0 saturated carbocycles. The molecule has 0 aliphatic carbocycles. The Morgan fingerprint density at radius 1 is 1.53 bits per heavy atom. The van der Waals surface area contributed by atoms with Gasteiger partial charge in [-0.2, -0.15) is 5.10 Å². The van der Waals surface area contributed by atoms with Crippen molar-refractivity contribution in [2.75, 3.05) is 0 Å². The normalized spacial score (nSPS) is 11.9. The van der Waals surface area contributed by atoms with Crippen molar-refractivity contribution in [1.82, 2.24) is 24.5 Å². The third kappa shape index (κ3) is 2.67. The summed E-state index contributed by atoms with van der Waals surface area (Å²) in [5.41, 5.74) is 0.798. The average molecular weight is 285 g/mol. The first kappa shape index (κ1) is 13.7. The maximum absolute atomic E-state index is 12.1. The van der Waals surface area contributed by atoms with Crippen molar-refractivity contribution in [3.63, 3.8) is 0 Å². The van der Waals surface area contributed by atoms with Gasteiger partial charge in [-0.25, -0.2) is 18.1 Å². The van der Waals surface area contributed by atoms with Gasteiger partial charge in [-0.3, -0.25) is 5.10 Å². The fraction of sp³-hybridized carbons (Fsp3) is 0.400. The Hall–Kier alpha value is -1.71. The molecule has 2 aromatic rings. The first-order chi connectivity index (χ1) is 8.95. The summed E-state index contributed by atoms with van der Waals surface area (Å²) in [6, 6.07) is 0. The fourth-order valence-corrected chi connectivity index (χ4v) is 2.80. The summed E-state index contributed by atoms with van der Waals surface area (Å²) < 4.78 is 28.3. The lowest BCUT2D eigenvalue weighted by atomic mass is 10.3. The van der Waals surface area contributed by atoms with Gasteiger partial charge in [0.1, 0.15) is 5.82 Å². The quantitative estimate of drug-likeness (QED) is 0.680. The van der Waals surface area contributed by atoms with E-state index in [2.05, 4.69) is 19.9 Å². The predicted octanol–water partition coefficient (Wildman–Crippen LogP) is -0.578. The van der Waals surface area contributed by atoms with Crippen LogP contribution in [-0.2, 0) is 30.2 Å². The van der Waals surface area contributed by atoms with Crippen LogP contribution in [-0.4, -0.2) is 33.3 Å². The van der Waals surface area contributed by atoms with Crippen molar-refractivity contribution >= 4 is 10.0 Å². The first-order valence-electron chi connectivity index (χ1n) is 5.56. The third-order valence-corrected chi connectivity index (χ3v) is 4.16. The number of hydrogen-bond donors (Lipinski definition) is 3. The number of H-pyrrole nitrogens is 1. The molecule has 0 amide bonds. The van der Waals surface area contributed by atoms with E-state index in [-0.39, 0.29) is 23.7 Å². The molecule has 0 radical (unpaired) electrons. The highest BCUT2D eigenvalue weighted by atomic mass is 32.2. The summed E-state index contributed by atoms with van der Waals surface area (Å²) in [7, 11) is -2.01. The Kier molecular flexibility index (Phi) is 3.69. The van der Waals surface area contributed by atoms with E-state index in [1.165, 1.54) is 0 Å². The zero-order chi connectivity index (χ0) is 14.0. The van der Waals surface area contributed by atoms with E-state index in [1.807, 2.05) is 0 Å². The van der Waals surface area contributed by atoms with Crippen molar-refractivity contribution in [3.05, 3.63) is 29.5 Å². The molecule has 2 aromatic heterocycles. The Morgan fingerprint density at radius 3 is 2.84 bits per heavy atom. The lowest BCUT2D eigenvalue weighted by Crippen LogP contribution is -2.26. The van der Waals surface area contributed by atoms with E-state index in [1.54, 1.807) is 30.9 Å². The molecule has 0 spiro atoms. The maximum atomic E-state index is 12.1. The van der Waals surface area contributed by atoms with E-state index < -0.39 is 10.0 Å². The summed E-state index contributed by atoms with van der Waals surface area (Å²) in [6.45, 7) is 1.32. The van der Waals surface area contributed by atoms with Crippen molar-refractivity contribution in [3.8, 4) is 0 Å². The largest absolute Gasteiger partial charge is 0.392 e. The summed E-state index contributed by atoms with van der Waals surface area (Å²) in [5, 5.41) is 15.3. The van der Waals surface area contributed by atoms with Crippen LogP contribution in [0.2, 0.25) is 0 Å². The molecule has 0 aromatic carbocycles. The highest BCUT2D eigenvalue weighted by molar-refractivity contribution is 7.89. The molecule has 0 saturated heterocycles. The lowest BCUT2D eigenvalue weighted by Gasteiger charge is -2.06. The number of aromatic nitrogens is 4. The molecule has 3 N–H and O–H groups in total. The second-order valence-electron chi connectivity index (χ2n) is 4.07. The van der Waals surface area contributed by atoms with Gasteiger partial charge in [-0.1, -0.05) is 0 Å². The summed E-state index contributed by atoms with van der Waals surface area (Å²) in [5.74, 6) is 0.585. The fourth-order valence-electron chi connectivity index (χ4n) is 1.63. The molecule has 104 valence electrons. The minimum atomic E-state index is -3.78. The predicted molar refractivity (Wildman–Crippen MR) is 66.5 cm³/mol. The molecule has 0 aliphatic heterocycles. The Morgan fingerprint density at radius 2 is 2.26 bits per heavy atom. The number of aliphatic hydroxyl groups excluding tert-OH is 1. The van der Waals surface area contributed by atoms with Crippen molar-refractivity contribution in [2.45, 2.75) is 25.1 Å². The highest BCUT2D eigenvalue weighted by Crippen LogP contribution is 2.16. The number of aromatic amines is 1. The number of hydrogen-bond acceptors (Lipinski definition) is 5. The molecule has 0 aliphatic rings. The van der Waals surface area contributed by atoms with Gasteiger partial charge in [0.25, 0.3) is 10.0 Å². The topological polar surface area (TPSA) is 113 Å². The SMILES string of the molecule is Cc1[nH]nc(S(=O)(=O)NCc2nccn2C)c1CO. The molecular weight excluding hydrogens is 270 g/mol. The number of aryl methyl sites for hydroxylation is 2. The second kappa shape index (κ2) is 5.11. The van der Waals surface area contributed by atoms with Crippen LogP contribution in [0.1, 0.15) is 17.1 Å². The smallest absolute Gasteiger partial charge is 0.260 e. The maximum Gasteiger partial charge on any atom is 0.260 e. The van der Waals surface area contributed by atoms with E-state index in [0.717, 1.165) is 0 Å². The van der Waals surface area contributed by atoms with Crippen molar-refractivity contribution in [2.24, 2.45) is 7.05 Å². The number of imidazole rings is 1. The standard InChI is InChI=1S/C10H15N5O3S/c1-7-8(6-16)10(14-13-7)19(17,18)12-5-9-11-3-4-15(9)2/h3-4,12,16H,5-6H2,1-2H3,(H,13,14). The van der Waals surface area contributed by atoms with E-state index in [0.29, 0.717) is 11.5 Å². The molecule has 8 nitrogen and oxygen atoms in total. The number of nitrogens with zero attached hydrogens (tertiary/aromatic N) is 3. The number of aliphatic hydroxyl groups is 1. The number of rotatable bonds is 5. The van der Waals surface area contributed by atoms with Gasteiger partial charge in [0.15, 0.2) is 5.03 Å². The molecule has 0 bridgehead atoms. The van der Waals surface area contributed by atoms with Gasteiger partial charge in [0.05, 0.1) is 13.2 Å². The monoisotopic (exact) mass is 285 g/mol. The summed E-state index contributed by atoms with van der Waals surface area (Å²) in [4.78, 5) is 4.02. The van der Waals surface area contributed by atoms with Crippen molar-refractivity contribution in [1.29, 1.82) is 0 Å². The Balaban J connectivity index is 2.21. The molecule has 0 unspecified atom stereocenters. The van der Waals surface area contributed by atoms with Gasteiger partial charge < -0.3 is 9.67 Å². The van der Waals surface area contributed by atoms with Gasteiger partial charge in [0, 0.05) is 30.7 Å². The third-order valence-electron chi connectivity index (χ3n) is 2.79. The second-order valence-corrected chi connectivity index (χ2v) is 5.75. The Labute approximate surface area is 110 Å². The number of nitrogens with one attached hydrogen (secondary N) is 2. The van der Waals surface area contributed by atoms with Crippen LogP contribution in [0.3, 0.4) is 0 Å². The first-order valence-corrected chi connectivity index (χ1v) is 7.04. The van der Waals surface area contributed by atoms with Gasteiger partial charge >= 0.3 is 0 Å². The van der Waals surface area contributed by atoms with Crippen LogP contribution in [0.15, 0.2) is 17.4 Å². The van der Waals surface area contributed by atoms with Crippen LogP contribution < -0.4 is 4.72 Å². The van der Waals surface area contributed by atoms with Crippen LogP contribution in [0, 0.1) is 6.92 Å². The van der Waals surface area contributed by atoms with Crippen LogP contribution >= 0.6 is 0 Å². The molecule has 19 heavy (non-hydrogen) atoms. The molecule has 9 heteroatoms. The van der Waals surface area contributed by atoms with Gasteiger partial charge in [-0.05, 0) is 6.92 Å². The molecule has 0 fully saturated rings. The molecule has 0 atom stereocenters. The van der Waals surface area contributed by atoms with Crippen LogP contribution in [0.5, 0.6) is 0 Å². The van der Waals surface area contributed by atoms with Crippen LogP contribution in [0.4, 0.5) is 0 Å². The summed E-state index contributed by atoms with van der Waals surface area (Å²) >= 11 is 0. The summed E-state index contributed by atoms with van der Waals surface area (Å²) in [6.07, 6.45) is 3.31. The van der Waals surface area contributed by atoms with E-state index >= 15 is 0 Å². The van der Waals surface area contributed by atoms with E-state index in [9.17, 15) is 13.5 Å². The van der Waals surface area contributed by atoms with Crippen LogP contribution in [0.25, 0.3) is 0 Å². The zero-order valence-corrected chi connectivity index (χ0v) is 11.4. The number of sulfonamides is 1. The van der Waals surface area contributed by atoms with Gasteiger partial charge in [-0.15, -0.1) is 0 Å². The molecule has 2 heterocycles. The van der Waals surface area contributed by atoms with E-state index in [4.69, 9.17) is 0 Å². The minimum Gasteiger partial charge on any atom is -0.392 e. The zero-order valence-electron chi connectivity index (χ0n) is 10.6. The van der Waals surface area contributed by atoms with Gasteiger partial charge in [0.2, 0.25) is 0 Å². The average Bonchev–Trinajstić information content (AvgIpc) is 2.93.